The van der Waals surface area contributed by atoms with Crippen LogP contribution in [0.5, 0.6) is 0 Å². The fourth-order valence-corrected chi connectivity index (χ4v) is 2.25. The molecule has 0 aliphatic carbocycles. The Morgan fingerprint density at radius 1 is 1.10 bits per heavy atom. The summed E-state index contributed by atoms with van der Waals surface area (Å²) < 4.78 is 10.8. The van der Waals surface area contributed by atoms with Crippen LogP contribution in [0.2, 0.25) is 0 Å². The van der Waals surface area contributed by atoms with Gasteiger partial charge < -0.3 is 8.83 Å². The molecule has 0 atom stereocenters. The first kappa shape index (κ1) is 12.8. The molecule has 102 valence electrons. The summed E-state index contributed by atoms with van der Waals surface area (Å²) in [6, 6.07) is 12.0. The molecule has 0 aliphatic heterocycles. The average Bonchev–Trinajstić information content (AvgIpc) is 3.09. The Morgan fingerprint density at radius 3 is 2.85 bits per heavy atom. The van der Waals surface area contributed by atoms with Crippen LogP contribution in [0.1, 0.15) is 11.3 Å². The summed E-state index contributed by atoms with van der Waals surface area (Å²) in [6.45, 7) is 1.72. The predicted octanol–water partition coefficient (Wildman–Crippen LogP) is 4.17. The van der Waals surface area contributed by atoms with Gasteiger partial charge in [-0.25, -0.2) is 0 Å². The highest BCUT2D eigenvalue weighted by Crippen LogP contribution is 2.21. The molecule has 0 N–H and O–H groups in total. The van der Waals surface area contributed by atoms with Gasteiger partial charge in [-0.1, -0.05) is 24.3 Å². The minimum absolute atomic E-state index is 0.861. The number of rotatable bonds is 5. The van der Waals surface area contributed by atoms with E-state index in [4.69, 9.17) is 8.83 Å². The smallest absolute Gasteiger partial charge is 0.134 e. The zero-order valence-electron chi connectivity index (χ0n) is 11.5. The summed E-state index contributed by atoms with van der Waals surface area (Å²) in [5.41, 5.74) is 2.16. The molecule has 0 unspecified atom stereocenters. The second-order valence-corrected chi connectivity index (χ2v) is 4.87. The number of benzene rings is 1. The van der Waals surface area contributed by atoms with Gasteiger partial charge in [0.2, 0.25) is 0 Å². The van der Waals surface area contributed by atoms with Crippen LogP contribution in [0.3, 0.4) is 0 Å². The molecule has 0 spiro atoms. The van der Waals surface area contributed by atoms with Crippen LogP contribution in [0, 0.1) is 0 Å². The maximum Gasteiger partial charge on any atom is 0.134 e. The van der Waals surface area contributed by atoms with Crippen molar-refractivity contribution in [3.05, 3.63) is 66.3 Å². The van der Waals surface area contributed by atoms with E-state index in [1.54, 1.807) is 6.26 Å². The summed E-state index contributed by atoms with van der Waals surface area (Å²) >= 11 is 0. The van der Waals surface area contributed by atoms with Gasteiger partial charge in [-0.15, -0.1) is 0 Å². The Kier molecular flexibility index (Phi) is 3.70. The average molecular weight is 267 g/mol. The molecule has 3 heteroatoms. The lowest BCUT2D eigenvalue weighted by molar-refractivity contribution is 0.363. The van der Waals surface area contributed by atoms with E-state index in [-0.39, 0.29) is 0 Å². The van der Waals surface area contributed by atoms with Crippen LogP contribution in [0.25, 0.3) is 17.0 Å². The van der Waals surface area contributed by atoms with Gasteiger partial charge in [0.05, 0.1) is 12.5 Å². The summed E-state index contributed by atoms with van der Waals surface area (Å²) in [6.07, 6.45) is 7.61. The molecule has 3 rings (SSSR count). The summed E-state index contributed by atoms with van der Waals surface area (Å²) in [5.74, 6) is 0.882. The molecule has 0 bridgehead atoms. The van der Waals surface area contributed by atoms with Crippen molar-refractivity contribution in [2.75, 3.05) is 13.6 Å². The van der Waals surface area contributed by atoms with Crippen molar-refractivity contribution < 1.29 is 8.83 Å². The van der Waals surface area contributed by atoms with Crippen LogP contribution in [0.15, 0.2) is 63.8 Å². The summed E-state index contributed by atoms with van der Waals surface area (Å²) in [7, 11) is 2.09. The van der Waals surface area contributed by atoms with E-state index >= 15 is 0 Å². The first-order valence-electron chi connectivity index (χ1n) is 6.66. The molecule has 0 saturated heterocycles. The van der Waals surface area contributed by atoms with Crippen LogP contribution in [-0.2, 0) is 6.54 Å². The van der Waals surface area contributed by atoms with Crippen LogP contribution < -0.4 is 0 Å². The zero-order valence-corrected chi connectivity index (χ0v) is 11.5. The van der Waals surface area contributed by atoms with E-state index in [0.717, 1.165) is 24.4 Å². The molecular formula is C17H17NO2. The SMILES string of the molecule is CN(CC=Cc1ccco1)Cc1coc2ccccc12. The largest absolute Gasteiger partial charge is 0.465 e. The molecule has 1 aromatic carbocycles. The van der Waals surface area contributed by atoms with E-state index in [9.17, 15) is 0 Å². The molecule has 0 radical (unpaired) electrons. The first-order chi connectivity index (χ1) is 9.83. The van der Waals surface area contributed by atoms with Crippen molar-refractivity contribution in [2.24, 2.45) is 0 Å². The lowest BCUT2D eigenvalue weighted by Crippen LogP contribution is -2.17. The number of hydrogen-bond donors (Lipinski definition) is 0. The first-order valence-corrected chi connectivity index (χ1v) is 6.66. The molecular weight excluding hydrogens is 250 g/mol. The highest BCUT2D eigenvalue weighted by molar-refractivity contribution is 5.80. The highest BCUT2D eigenvalue weighted by Gasteiger charge is 2.06. The minimum Gasteiger partial charge on any atom is -0.465 e. The molecule has 3 nitrogen and oxygen atoms in total. The van der Waals surface area contributed by atoms with Gasteiger partial charge in [0.15, 0.2) is 0 Å². The van der Waals surface area contributed by atoms with Crippen molar-refractivity contribution in [2.45, 2.75) is 6.54 Å². The lowest BCUT2D eigenvalue weighted by atomic mass is 10.1. The lowest BCUT2D eigenvalue weighted by Gasteiger charge is -2.12. The Balaban J connectivity index is 1.62. The van der Waals surface area contributed by atoms with Crippen LogP contribution >= 0.6 is 0 Å². The quantitative estimate of drug-likeness (QED) is 0.694. The van der Waals surface area contributed by atoms with Gasteiger partial charge >= 0.3 is 0 Å². The van der Waals surface area contributed by atoms with Gasteiger partial charge in [-0.2, -0.15) is 0 Å². The molecule has 0 amide bonds. The monoisotopic (exact) mass is 267 g/mol. The van der Waals surface area contributed by atoms with E-state index in [2.05, 4.69) is 24.1 Å². The minimum atomic E-state index is 0.861. The molecule has 0 aliphatic rings. The topological polar surface area (TPSA) is 29.5 Å². The summed E-state index contributed by atoms with van der Waals surface area (Å²) in [5, 5.41) is 1.19. The van der Waals surface area contributed by atoms with Crippen molar-refractivity contribution in [3.8, 4) is 0 Å². The summed E-state index contributed by atoms with van der Waals surface area (Å²) in [4.78, 5) is 2.23. The van der Waals surface area contributed by atoms with E-state index in [1.165, 1.54) is 10.9 Å². The third kappa shape index (κ3) is 2.83. The van der Waals surface area contributed by atoms with Crippen molar-refractivity contribution >= 4 is 17.0 Å². The molecule has 2 aromatic heterocycles. The maximum atomic E-state index is 5.55. The number of para-hydroxylation sites is 1. The molecule has 3 aromatic rings. The zero-order chi connectivity index (χ0) is 13.8. The highest BCUT2D eigenvalue weighted by atomic mass is 16.3. The van der Waals surface area contributed by atoms with E-state index in [0.29, 0.717) is 0 Å². The van der Waals surface area contributed by atoms with Gasteiger partial charge in [0.25, 0.3) is 0 Å². The van der Waals surface area contributed by atoms with E-state index in [1.807, 2.05) is 42.7 Å². The Hall–Kier alpha value is -2.26. The standard InChI is InChI=1S/C17H17NO2/c1-18(10-4-6-15-7-5-11-19-15)12-14-13-20-17-9-3-2-8-16(14)17/h2-9,11,13H,10,12H2,1H3. The van der Waals surface area contributed by atoms with Gasteiger partial charge in [0.1, 0.15) is 11.3 Å². The Morgan fingerprint density at radius 2 is 2.00 bits per heavy atom. The fraction of sp³-hybridized carbons (Fsp3) is 0.176. The number of furan rings is 2. The third-order valence-corrected chi connectivity index (χ3v) is 3.24. The second-order valence-electron chi connectivity index (χ2n) is 4.87. The number of hydrogen-bond acceptors (Lipinski definition) is 3. The van der Waals surface area contributed by atoms with Crippen molar-refractivity contribution in [1.82, 2.24) is 4.90 Å². The Labute approximate surface area is 118 Å². The van der Waals surface area contributed by atoms with Gasteiger partial charge in [-0.3, -0.25) is 4.90 Å². The fourth-order valence-electron chi connectivity index (χ4n) is 2.25. The number of nitrogens with zero attached hydrogens (tertiary/aromatic N) is 1. The van der Waals surface area contributed by atoms with Gasteiger partial charge in [0, 0.05) is 24.0 Å². The maximum absolute atomic E-state index is 5.55. The molecule has 0 fully saturated rings. The molecule has 2 heterocycles. The van der Waals surface area contributed by atoms with Crippen molar-refractivity contribution in [1.29, 1.82) is 0 Å². The van der Waals surface area contributed by atoms with Gasteiger partial charge in [-0.05, 0) is 31.3 Å². The number of fused-ring (bicyclic) bond motifs is 1. The molecule has 0 saturated carbocycles. The normalized spacial score (nSPS) is 11.9. The second kappa shape index (κ2) is 5.80. The Bertz CT molecular complexity index is 695. The van der Waals surface area contributed by atoms with Crippen LogP contribution in [-0.4, -0.2) is 18.5 Å². The predicted molar refractivity (Wildman–Crippen MR) is 80.3 cm³/mol. The van der Waals surface area contributed by atoms with E-state index < -0.39 is 0 Å². The third-order valence-electron chi connectivity index (χ3n) is 3.24. The number of likely N-dealkylation sites (N-methyl/N-ethyl adjacent to an activating group) is 1. The molecule has 20 heavy (non-hydrogen) atoms. The van der Waals surface area contributed by atoms with Crippen LogP contribution in [0.4, 0.5) is 0 Å². The van der Waals surface area contributed by atoms with Crippen molar-refractivity contribution in [3.63, 3.8) is 0 Å².